The monoisotopic (exact) mass is 469 g/mol. The van der Waals surface area contributed by atoms with Crippen LogP contribution in [0.15, 0.2) is 71.5 Å². The van der Waals surface area contributed by atoms with Crippen LogP contribution in [0.1, 0.15) is 42.4 Å². The maximum Gasteiger partial charge on any atom is 0.266 e. The normalized spacial score (nSPS) is 11.9. The van der Waals surface area contributed by atoms with Crippen molar-refractivity contribution in [3.05, 3.63) is 99.6 Å². The Labute approximate surface area is 205 Å². The zero-order valence-electron chi connectivity index (χ0n) is 20.9. The van der Waals surface area contributed by atoms with E-state index in [1.54, 1.807) is 22.6 Å². The van der Waals surface area contributed by atoms with Crippen LogP contribution in [0, 0.1) is 13.8 Å². The number of likely N-dealkylation sites (N-methyl/N-ethyl adjacent to an activating group) is 1. The van der Waals surface area contributed by atoms with Gasteiger partial charge in [0.05, 0.1) is 36.2 Å². The molecule has 3 aromatic carbocycles. The molecule has 0 saturated heterocycles. The van der Waals surface area contributed by atoms with Gasteiger partial charge in [-0.2, -0.15) is 0 Å². The second-order valence-electron chi connectivity index (χ2n) is 8.78. The van der Waals surface area contributed by atoms with Crippen molar-refractivity contribution < 1.29 is 9.53 Å². The summed E-state index contributed by atoms with van der Waals surface area (Å²) < 4.78 is 6.88. The predicted octanol–water partition coefficient (Wildman–Crippen LogP) is 5.16. The zero-order chi connectivity index (χ0) is 25.1. The summed E-state index contributed by atoms with van der Waals surface area (Å²) in [4.78, 5) is 33.8. The largest absolute Gasteiger partial charge is 0.497 e. The van der Waals surface area contributed by atoms with Crippen molar-refractivity contribution in [3.63, 3.8) is 0 Å². The Bertz CT molecular complexity index is 1420. The van der Waals surface area contributed by atoms with E-state index in [1.165, 1.54) is 0 Å². The molecular weight excluding hydrogens is 438 g/mol. The molecule has 1 atom stereocenters. The Morgan fingerprint density at radius 3 is 2.40 bits per heavy atom. The Morgan fingerprint density at radius 1 is 1.03 bits per heavy atom. The molecule has 0 spiro atoms. The molecule has 35 heavy (non-hydrogen) atoms. The summed E-state index contributed by atoms with van der Waals surface area (Å²) in [6.07, 6.45) is 0.254. The minimum atomic E-state index is -0.412. The lowest BCUT2D eigenvalue weighted by molar-refractivity contribution is -0.132. The molecule has 0 aliphatic carbocycles. The van der Waals surface area contributed by atoms with Crippen LogP contribution in [-0.4, -0.2) is 34.0 Å². The van der Waals surface area contributed by atoms with Crippen LogP contribution >= 0.6 is 0 Å². The second-order valence-corrected chi connectivity index (χ2v) is 8.78. The molecular formula is C29H31N3O3. The summed E-state index contributed by atoms with van der Waals surface area (Å²) in [5.74, 6) is 1.26. The lowest BCUT2D eigenvalue weighted by Crippen LogP contribution is -2.38. The maximum atomic E-state index is 13.7. The van der Waals surface area contributed by atoms with E-state index in [9.17, 15) is 9.59 Å². The molecule has 1 heterocycles. The van der Waals surface area contributed by atoms with Crippen molar-refractivity contribution in [3.8, 4) is 11.4 Å². The number of carbonyl (C=O) groups is 1. The molecule has 1 unspecified atom stereocenters. The number of benzene rings is 3. The van der Waals surface area contributed by atoms with Gasteiger partial charge in [0.1, 0.15) is 11.6 Å². The molecule has 1 aromatic heterocycles. The maximum absolute atomic E-state index is 13.7. The van der Waals surface area contributed by atoms with Crippen molar-refractivity contribution >= 4 is 16.8 Å². The number of hydrogen-bond acceptors (Lipinski definition) is 4. The van der Waals surface area contributed by atoms with Crippen LogP contribution in [0.2, 0.25) is 0 Å². The molecule has 0 radical (unpaired) electrons. The molecule has 0 N–H and O–H groups in total. The molecule has 4 aromatic rings. The highest BCUT2D eigenvalue weighted by Gasteiger charge is 2.26. The highest BCUT2D eigenvalue weighted by atomic mass is 16.5. The van der Waals surface area contributed by atoms with Crippen molar-refractivity contribution in [2.45, 2.75) is 40.2 Å². The molecule has 0 aliphatic heterocycles. The van der Waals surface area contributed by atoms with Gasteiger partial charge in [0, 0.05) is 6.54 Å². The van der Waals surface area contributed by atoms with Gasteiger partial charge in [0.15, 0.2) is 0 Å². The minimum Gasteiger partial charge on any atom is -0.497 e. The van der Waals surface area contributed by atoms with Gasteiger partial charge in [-0.3, -0.25) is 14.2 Å². The number of hydrogen-bond donors (Lipinski definition) is 0. The van der Waals surface area contributed by atoms with Crippen LogP contribution in [0.25, 0.3) is 16.6 Å². The number of amides is 1. The van der Waals surface area contributed by atoms with Gasteiger partial charge in [-0.05, 0) is 80.8 Å². The van der Waals surface area contributed by atoms with E-state index >= 15 is 0 Å². The molecule has 0 bridgehead atoms. The second kappa shape index (κ2) is 10.1. The molecule has 180 valence electrons. The van der Waals surface area contributed by atoms with Gasteiger partial charge in [0.2, 0.25) is 5.91 Å². The number of aryl methyl sites for hydroxylation is 2. The Hall–Kier alpha value is -3.93. The summed E-state index contributed by atoms with van der Waals surface area (Å²) in [6, 6.07) is 20.4. The van der Waals surface area contributed by atoms with Crippen molar-refractivity contribution in [1.29, 1.82) is 0 Å². The summed E-state index contributed by atoms with van der Waals surface area (Å²) in [5, 5.41) is 0.550. The van der Waals surface area contributed by atoms with E-state index in [0.717, 1.165) is 28.1 Å². The third-order valence-corrected chi connectivity index (χ3v) is 6.57. The standard InChI is InChI=1S/C29H31N3O3/c1-6-31(27(33)18-22-12-15-24(35-5)16-13-22)21(4)28-30-26-10-8-7-9-25(26)29(34)32(28)23-14-11-19(2)20(3)17-23/h7-17,21H,6,18H2,1-5H3. The first-order valence-corrected chi connectivity index (χ1v) is 11.9. The Kier molecular flexibility index (Phi) is 7.01. The Balaban J connectivity index is 1.79. The van der Waals surface area contributed by atoms with E-state index in [1.807, 2.05) is 88.4 Å². The van der Waals surface area contributed by atoms with Gasteiger partial charge in [-0.15, -0.1) is 0 Å². The number of para-hydroxylation sites is 1. The first-order chi connectivity index (χ1) is 16.8. The van der Waals surface area contributed by atoms with Gasteiger partial charge in [-0.25, -0.2) is 4.98 Å². The molecule has 0 saturated carbocycles. The number of ether oxygens (including phenoxy) is 1. The fourth-order valence-corrected chi connectivity index (χ4v) is 4.37. The molecule has 0 fully saturated rings. The first-order valence-electron chi connectivity index (χ1n) is 11.9. The third-order valence-electron chi connectivity index (χ3n) is 6.57. The van der Waals surface area contributed by atoms with E-state index in [2.05, 4.69) is 0 Å². The summed E-state index contributed by atoms with van der Waals surface area (Å²) in [5.41, 5.74) is 4.37. The van der Waals surface area contributed by atoms with Gasteiger partial charge < -0.3 is 9.64 Å². The lowest BCUT2D eigenvalue weighted by atomic mass is 10.1. The number of aromatic nitrogens is 2. The fourth-order valence-electron chi connectivity index (χ4n) is 4.37. The molecule has 6 heteroatoms. The minimum absolute atomic E-state index is 0.0285. The van der Waals surface area contributed by atoms with Crippen LogP contribution < -0.4 is 10.3 Å². The molecule has 4 rings (SSSR count). The number of nitrogens with zero attached hydrogens (tertiary/aromatic N) is 3. The van der Waals surface area contributed by atoms with E-state index in [4.69, 9.17) is 9.72 Å². The van der Waals surface area contributed by atoms with Crippen molar-refractivity contribution in [1.82, 2.24) is 14.5 Å². The number of methoxy groups -OCH3 is 1. The van der Waals surface area contributed by atoms with Crippen LogP contribution in [-0.2, 0) is 11.2 Å². The summed E-state index contributed by atoms with van der Waals surface area (Å²) in [6.45, 7) is 8.44. The lowest BCUT2D eigenvalue weighted by Gasteiger charge is -2.30. The Morgan fingerprint density at radius 2 is 1.74 bits per heavy atom. The van der Waals surface area contributed by atoms with Crippen LogP contribution in [0.5, 0.6) is 5.75 Å². The van der Waals surface area contributed by atoms with Gasteiger partial charge in [0.25, 0.3) is 5.56 Å². The smallest absolute Gasteiger partial charge is 0.266 e. The van der Waals surface area contributed by atoms with Crippen molar-refractivity contribution in [2.75, 3.05) is 13.7 Å². The van der Waals surface area contributed by atoms with E-state index in [0.29, 0.717) is 23.3 Å². The predicted molar refractivity (Wildman–Crippen MR) is 139 cm³/mol. The summed E-state index contributed by atoms with van der Waals surface area (Å²) in [7, 11) is 1.62. The average molecular weight is 470 g/mol. The van der Waals surface area contributed by atoms with Gasteiger partial charge >= 0.3 is 0 Å². The van der Waals surface area contributed by atoms with Gasteiger partial charge in [-0.1, -0.05) is 30.3 Å². The number of fused-ring (bicyclic) bond motifs is 1. The number of carbonyl (C=O) groups excluding carboxylic acids is 1. The fraction of sp³-hybridized carbons (Fsp3) is 0.276. The molecule has 1 amide bonds. The zero-order valence-corrected chi connectivity index (χ0v) is 20.9. The highest BCUT2D eigenvalue weighted by molar-refractivity contribution is 5.80. The van der Waals surface area contributed by atoms with Crippen molar-refractivity contribution in [2.24, 2.45) is 0 Å². The van der Waals surface area contributed by atoms with Crippen LogP contribution in [0.4, 0.5) is 0 Å². The third kappa shape index (κ3) is 4.83. The summed E-state index contributed by atoms with van der Waals surface area (Å²) >= 11 is 0. The van der Waals surface area contributed by atoms with E-state index < -0.39 is 6.04 Å². The SMILES string of the molecule is CCN(C(=O)Cc1ccc(OC)cc1)C(C)c1nc2ccccc2c(=O)n1-c1ccc(C)c(C)c1. The average Bonchev–Trinajstić information content (AvgIpc) is 2.86. The van der Waals surface area contributed by atoms with Crippen LogP contribution in [0.3, 0.4) is 0 Å². The molecule has 0 aliphatic rings. The first kappa shape index (κ1) is 24.2. The number of rotatable bonds is 7. The molecule has 6 nitrogen and oxygen atoms in total. The quantitative estimate of drug-likeness (QED) is 0.375. The highest BCUT2D eigenvalue weighted by Crippen LogP contribution is 2.25. The topological polar surface area (TPSA) is 64.4 Å². The van der Waals surface area contributed by atoms with E-state index in [-0.39, 0.29) is 17.9 Å².